The van der Waals surface area contributed by atoms with Crippen LogP contribution in [0, 0.1) is 13.8 Å². The minimum atomic E-state index is -4.53. The average Bonchev–Trinajstić information content (AvgIpc) is 3.19. The van der Waals surface area contributed by atoms with E-state index in [4.69, 9.17) is 0 Å². The zero-order valence-corrected chi connectivity index (χ0v) is 16.0. The zero-order chi connectivity index (χ0) is 19.6. The highest BCUT2D eigenvalue weighted by molar-refractivity contribution is 8.01. The fourth-order valence-corrected chi connectivity index (χ4v) is 4.17. The summed E-state index contributed by atoms with van der Waals surface area (Å²) < 4.78 is 39.5. The Balaban J connectivity index is 1.63. The van der Waals surface area contributed by atoms with E-state index < -0.39 is 17.8 Å². The first-order valence-electron chi connectivity index (χ1n) is 7.82. The molecule has 0 atom stereocenters. The van der Waals surface area contributed by atoms with Crippen LogP contribution >= 0.6 is 23.1 Å². The second-order valence-corrected chi connectivity index (χ2v) is 7.96. The van der Waals surface area contributed by atoms with Crippen molar-refractivity contribution in [1.29, 1.82) is 0 Å². The van der Waals surface area contributed by atoms with Crippen molar-refractivity contribution < 1.29 is 18.0 Å². The molecule has 0 aliphatic carbocycles. The number of hydrogen-bond donors (Lipinski definition) is 1. The lowest BCUT2D eigenvalue weighted by Gasteiger charge is -2.10. The molecular weight excluding hydrogens is 397 g/mol. The summed E-state index contributed by atoms with van der Waals surface area (Å²) in [4.78, 5) is 17.5. The molecule has 1 amide bonds. The van der Waals surface area contributed by atoms with E-state index in [0.717, 1.165) is 37.4 Å². The Bertz CT molecular complexity index is 965. The van der Waals surface area contributed by atoms with E-state index in [-0.39, 0.29) is 6.54 Å². The van der Waals surface area contributed by atoms with E-state index in [1.54, 1.807) is 17.4 Å². The number of halogens is 3. The maximum atomic E-state index is 12.6. The SMILES string of the molecule is Cc1csc(Sc2ccc(NC(=O)Cn3ccc(C(F)(F)F)n3)c(C)c2)n1. The molecule has 0 bridgehead atoms. The van der Waals surface area contributed by atoms with E-state index >= 15 is 0 Å². The summed E-state index contributed by atoms with van der Waals surface area (Å²) in [6, 6.07) is 6.39. The van der Waals surface area contributed by atoms with Crippen LogP contribution in [0.4, 0.5) is 18.9 Å². The van der Waals surface area contributed by atoms with Gasteiger partial charge in [0.05, 0.1) is 0 Å². The first kappa shape index (κ1) is 19.4. The molecule has 2 aromatic heterocycles. The van der Waals surface area contributed by atoms with Crippen molar-refractivity contribution in [2.75, 3.05) is 5.32 Å². The molecular formula is C17H15F3N4OS2. The number of aryl methyl sites for hydroxylation is 2. The van der Waals surface area contributed by atoms with Gasteiger partial charge in [-0.2, -0.15) is 18.3 Å². The van der Waals surface area contributed by atoms with E-state index in [0.29, 0.717) is 5.69 Å². The van der Waals surface area contributed by atoms with Gasteiger partial charge < -0.3 is 5.32 Å². The van der Waals surface area contributed by atoms with Gasteiger partial charge >= 0.3 is 6.18 Å². The molecule has 0 radical (unpaired) electrons. The Morgan fingerprint density at radius 3 is 2.67 bits per heavy atom. The number of carbonyl (C=O) groups excluding carboxylic acids is 1. The van der Waals surface area contributed by atoms with Gasteiger partial charge in [0.1, 0.15) is 6.54 Å². The maximum Gasteiger partial charge on any atom is 0.435 e. The highest BCUT2D eigenvalue weighted by Crippen LogP contribution is 2.32. The molecule has 0 aliphatic heterocycles. The molecule has 5 nitrogen and oxygen atoms in total. The largest absolute Gasteiger partial charge is 0.435 e. The number of benzene rings is 1. The fourth-order valence-electron chi connectivity index (χ4n) is 2.26. The molecule has 3 rings (SSSR count). The van der Waals surface area contributed by atoms with Crippen molar-refractivity contribution >= 4 is 34.7 Å². The average molecular weight is 412 g/mol. The van der Waals surface area contributed by atoms with Crippen LogP contribution < -0.4 is 5.32 Å². The van der Waals surface area contributed by atoms with E-state index in [1.807, 2.05) is 31.4 Å². The summed E-state index contributed by atoms with van der Waals surface area (Å²) >= 11 is 3.09. The topological polar surface area (TPSA) is 59.8 Å². The van der Waals surface area contributed by atoms with E-state index in [2.05, 4.69) is 15.4 Å². The quantitative estimate of drug-likeness (QED) is 0.656. The van der Waals surface area contributed by atoms with Crippen molar-refractivity contribution in [3.05, 3.63) is 52.8 Å². The normalized spacial score (nSPS) is 11.6. The number of rotatable bonds is 5. The van der Waals surface area contributed by atoms with E-state index in [1.165, 1.54) is 11.8 Å². The van der Waals surface area contributed by atoms with Gasteiger partial charge in [0.25, 0.3) is 0 Å². The van der Waals surface area contributed by atoms with Crippen LogP contribution in [0.15, 0.2) is 45.1 Å². The second-order valence-electron chi connectivity index (χ2n) is 5.78. The Labute approximate surface area is 161 Å². The molecule has 2 heterocycles. The minimum absolute atomic E-state index is 0.301. The number of thiazole rings is 1. The van der Waals surface area contributed by atoms with Gasteiger partial charge in [-0.1, -0.05) is 11.8 Å². The number of amides is 1. The summed E-state index contributed by atoms with van der Waals surface area (Å²) in [7, 11) is 0. The molecule has 0 spiro atoms. The number of nitrogens with zero attached hydrogens (tertiary/aromatic N) is 3. The Kier molecular flexibility index (Phi) is 5.56. The standard InChI is InChI=1S/C17H15F3N4OS2/c1-10-7-12(27-16-21-11(2)9-26-16)3-4-13(10)22-15(25)8-24-6-5-14(23-24)17(18,19)20/h3-7,9H,8H2,1-2H3,(H,22,25). The molecule has 0 saturated carbocycles. The lowest BCUT2D eigenvalue weighted by molar-refractivity contribution is -0.141. The van der Waals surface area contributed by atoms with Gasteiger partial charge in [-0.15, -0.1) is 11.3 Å². The summed E-state index contributed by atoms with van der Waals surface area (Å²) in [5, 5.41) is 8.04. The summed E-state index contributed by atoms with van der Waals surface area (Å²) in [5.41, 5.74) is 1.39. The van der Waals surface area contributed by atoms with Gasteiger partial charge in [-0.05, 0) is 43.7 Å². The summed E-state index contributed by atoms with van der Waals surface area (Å²) in [6.45, 7) is 3.48. The Hall–Kier alpha value is -2.33. The third kappa shape index (κ3) is 5.10. The van der Waals surface area contributed by atoms with Crippen molar-refractivity contribution in [1.82, 2.24) is 14.8 Å². The third-order valence-electron chi connectivity index (χ3n) is 3.51. The molecule has 0 fully saturated rings. The Morgan fingerprint density at radius 2 is 2.07 bits per heavy atom. The number of carbonyl (C=O) groups is 1. The molecule has 3 aromatic rings. The predicted molar refractivity (Wildman–Crippen MR) is 98.0 cm³/mol. The molecule has 1 N–H and O–H groups in total. The van der Waals surface area contributed by atoms with Crippen LogP contribution in [-0.2, 0) is 17.5 Å². The molecule has 0 unspecified atom stereocenters. The van der Waals surface area contributed by atoms with Crippen molar-refractivity contribution in [2.24, 2.45) is 0 Å². The first-order chi connectivity index (χ1) is 12.7. The van der Waals surface area contributed by atoms with Gasteiger partial charge in [0, 0.05) is 27.9 Å². The molecule has 0 aliphatic rings. The lowest BCUT2D eigenvalue weighted by Crippen LogP contribution is -2.20. The maximum absolute atomic E-state index is 12.6. The number of alkyl halides is 3. The van der Waals surface area contributed by atoms with Gasteiger partial charge in [0.15, 0.2) is 10.0 Å². The summed E-state index contributed by atoms with van der Waals surface area (Å²) in [6.07, 6.45) is -3.40. The molecule has 27 heavy (non-hydrogen) atoms. The van der Waals surface area contributed by atoms with Crippen LogP contribution in [0.1, 0.15) is 17.0 Å². The van der Waals surface area contributed by atoms with Gasteiger partial charge in [-0.3, -0.25) is 9.48 Å². The number of anilines is 1. The fraction of sp³-hybridized carbons (Fsp3) is 0.235. The first-order valence-corrected chi connectivity index (χ1v) is 9.51. The van der Waals surface area contributed by atoms with Crippen molar-refractivity contribution in [3.63, 3.8) is 0 Å². The third-order valence-corrected chi connectivity index (χ3v) is 5.56. The molecule has 1 aromatic carbocycles. The predicted octanol–water partition coefficient (Wildman–Crippen LogP) is 4.77. The highest BCUT2D eigenvalue weighted by atomic mass is 32.2. The summed E-state index contributed by atoms with van der Waals surface area (Å²) in [5.74, 6) is -0.453. The highest BCUT2D eigenvalue weighted by Gasteiger charge is 2.33. The van der Waals surface area contributed by atoms with E-state index in [9.17, 15) is 18.0 Å². The van der Waals surface area contributed by atoms with Crippen molar-refractivity contribution in [3.8, 4) is 0 Å². The van der Waals surface area contributed by atoms with Gasteiger partial charge in [0.2, 0.25) is 5.91 Å². The van der Waals surface area contributed by atoms with Gasteiger partial charge in [-0.25, -0.2) is 4.98 Å². The molecule has 142 valence electrons. The second kappa shape index (κ2) is 7.73. The van der Waals surface area contributed by atoms with Crippen LogP contribution in [-0.4, -0.2) is 20.7 Å². The smallest absolute Gasteiger partial charge is 0.324 e. The monoisotopic (exact) mass is 412 g/mol. The van der Waals surface area contributed by atoms with Crippen LogP contribution in [0.3, 0.4) is 0 Å². The number of nitrogens with one attached hydrogen (secondary N) is 1. The van der Waals surface area contributed by atoms with Crippen LogP contribution in [0.25, 0.3) is 0 Å². The number of hydrogen-bond acceptors (Lipinski definition) is 5. The van der Waals surface area contributed by atoms with Crippen molar-refractivity contribution in [2.45, 2.75) is 35.8 Å². The lowest BCUT2D eigenvalue weighted by atomic mass is 10.2. The molecule has 10 heteroatoms. The Morgan fingerprint density at radius 1 is 1.30 bits per heavy atom. The molecule has 0 saturated heterocycles. The van der Waals surface area contributed by atoms with Crippen LogP contribution in [0.2, 0.25) is 0 Å². The number of aromatic nitrogens is 3. The van der Waals surface area contributed by atoms with Crippen LogP contribution in [0.5, 0.6) is 0 Å². The zero-order valence-electron chi connectivity index (χ0n) is 14.4. The minimum Gasteiger partial charge on any atom is -0.324 e.